The van der Waals surface area contributed by atoms with Gasteiger partial charge in [-0.3, -0.25) is 0 Å². The number of phenolic OH excluding ortho intramolecular Hbond substituents is 1. The van der Waals surface area contributed by atoms with Crippen LogP contribution in [0.5, 0.6) is 17.2 Å². The number of phenols is 1. The van der Waals surface area contributed by atoms with Crippen molar-refractivity contribution in [2.75, 3.05) is 32.2 Å². The zero-order valence-corrected chi connectivity index (χ0v) is 15.6. The molecule has 1 fully saturated rings. The minimum Gasteiger partial charge on any atom is -0.508 e. The Balaban J connectivity index is 1.60. The summed E-state index contributed by atoms with van der Waals surface area (Å²) in [4.78, 5) is 2.28. The lowest BCUT2D eigenvalue weighted by molar-refractivity contribution is 0.356. The lowest BCUT2D eigenvalue weighted by atomic mass is 9.89. The molecule has 0 amide bonds. The predicted octanol–water partition coefficient (Wildman–Crippen LogP) is 3.74. The number of nitrogens with zero attached hydrogens (tertiary/aromatic N) is 3. The van der Waals surface area contributed by atoms with E-state index in [4.69, 9.17) is 9.47 Å². The number of hydrogen-bond donors (Lipinski definition) is 1. The smallest absolute Gasteiger partial charge is 0.161 e. The van der Waals surface area contributed by atoms with Gasteiger partial charge in [-0.1, -0.05) is 12.1 Å². The Kier molecular flexibility index (Phi) is 4.71. The van der Waals surface area contributed by atoms with E-state index in [-0.39, 0.29) is 0 Å². The molecule has 3 aromatic rings. The van der Waals surface area contributed by atoms with Crippen molar-refractivity contribution in [2.24, 2.45) is 0 Å². The molecule has 0 saturated carbocycles. The first kappa shape index (κ1) is 17.4. The summed E-state index contributed by atoms with van der Waals surface area (Å²) < 4.78 is 10.9. The molecule has 0 unspecified atom stereocenters. The predicted molar refractivity (Wildman–Crippen MR) is 105 cm³/mol. The summed E-state index contributed by atoms with van der Waals surface area (Å²) in [5.41, 5.74) is 1.20. The van der Waals surface area contributed by atoms with Crippen LogP contribution in [0.25, 0.3) is 10.8 Å². The fourth-order valence-corrected chi connectivity index (χ4v) is 3.83. The molecule has 1 aliphatic heterocycles. The third kappa shape index (κ3) is 3.35. The molecule has 2 heterocycles. The van der Waals surface area contributed by atoms with E-state index in [1.165, 1.54) is 5.56 Å². The maximum atomic E-state index is 9.73. The molecule has 0 bridgehead atoms. The summed E-state index contributed by atoms with van der Waals surface area (Å²) in [5.74, 6) is 3.03. The van der Waals surface area contributed by atoms with Gasteiger partial charge in [-0.05, 0) is 48.6 Å². The minimum atomic E-state index is 0.330. The summed E-state index contributed by atoms with van der Waals surface area (Å²) in [6, 6.07) is 11.5. The SMILES string of the molecule is COc1cc2cnnc(N3CCC(c4cccc(O)c4)CC3)c2cc1OC. The monoisotopic (exact) mass is 365 g/mol. The summed E-state index contributed by atoms with van der Waals surface area (Å²) in [5, 5.41) is 20.3. The molecule has 6 heteroatoms. The minimum absolute atomic E-state index is 0.330. The average Bonchev–Trinajstić information content (AvgIpc) is 2.72. The van der Waals surface area contributed by atoms with E-state index in [1.807, 2.05) is 24.3 Å². The summed E-state index contributed by atoms with van der Waals surface area (Å²) in [7, 11) is 3.27. The van der Waals surface area contributed by atoms with Crippen LogP contribution in [-0.2, 0) is 0 Å². The first-order valence-corrected chi connectivity index (χ1v) is 9.11. The Morgan fingerprint density at radius 3 is 2.48 bits per heavy atom. The Morgan fingerprint density at radius 1 is 1.04 bits per heavy atom. The van der Waals surface area contributed by atoms with E-state index < -0.39 is 0 Å². The van der Waals surface area contributed by atoms with Crippen LogP contribution in [0.3, 0.4) is 0 Å². The van der Waals surface area contributed by atoms with E-state index in [2.05, 4.69) is 21.2 Å². The van der Waals surface area contributed by atoms with E-state index in [1.54, 1.807) is 26.5 Å². The van der Waals surface area contributed by atoms with Crippen molar-refractivity contribution in [3.05, 3.63) is 48.2 Å². The van der Waals surface area contributed by atoms with E-state index in [9.17, 15) is 5.11 Å². The van der Waals surface area contributed by atoms with Gasteiger partial charge in [-0.25, -0.2) is 0 Å². The lowest BCUT2D eigenvalue weighted by Gasteiger charge is -2.33. The van der Waals surface area contributed by atoms with E-state index >= 15 is 0 Å². The molecule has 1 saturated heterocycles. The van der Waals surface area contributed by atoms with Gasteiger partial charge in [0.05, 0.1) is 20.4 Å². The summed E-state index contributed by atoms with van der Waals surface area (Å²) >= 11 is 0. The average molecular weight is 365 g/mol. The Morgan fingerprint density at radius 2 is 1.78 bits per heavy atom. The number of benzene rings is 2. The largest absolute Gasteiger partial charge is 0.508 e. The van der Waals surface area contributed by atoms with Crippen LogP contribution >= 0.6 is 0 Å². The highest BCUT2D eigenvalue weighted by atomic mass is 16.5. The van der Waals surface area contributed by atoms with Gasteiger partial charge in [0.2, 0.25) is 0 Å². The highest BCUT2D eigenvalue weighted by Gasteiger charge is 2.23. The normalized spacial score (nSPS) is 15.1. The van der Waals surface area contributed by atoms with E-state index in [0.29, 0.717) is 23.2 Å². The number of anilines is 1. The van der Waals surface area contributed by atoms with Crippen LogP contribution in [0.1, 0.15) is 24.3 Å². The maximum absolute atomic E-state index is 9.73. The van der Waals surface area contributed by atoms with Gasteiger partial charge >= 0.3 is 0 Å². The Bertz CT molecular complexity index is 953. The third-order valence-electron chi connectivity index (χ3n) is 5.28. The molecule has 1 aromatic heterocycles. The Hall–Kier alpha value is -3.02. The molecule has 0 atom stereocenters. The first-order valence-electron chi connectivity index (χ1n) is 9.11. The van der Waals surface area contributed by atoms with Crippen molar-refractivity contribution in [1.29, 1.82) is 0 Å². The van der Waals surface area contributed by atoms with Crippen LogP contribution in [0.4, 0.5) is 5.82 Å². The number of aromatic nitrogens is 2. The number of methoxy groups -OCH3 is 2. The summed E-state index contributed by atoms with van der Waals surface area (Å²) in [6.07, 6.45) is 3.77. The molecule has 140 valence electrons. The molecule has 0 radical (unpaired) electrons. The molecule has 1 aliphatic rings. The molecule has 4 rings (SSSR count). The highest BCUT2D eigenvalue weighted by Crippen LogP contribution is 2.37. The lowest BCUT2D eigenvalue weighted by Crippen LogP contribution is -2.33. The fourth-order valence-electron chi connectivity index (χ4n) is 3.83. The number of piperidine rings is 1. The van der Waals surface area contributed by atoms with Gasteiger partial charge in [0.15, 0.2) is 17.3 Å². The first-order chi connectivity index (χ1) is 13.2. The molecule has 0 spiro atoms. The molecular weight excluding hydrogens is 342 g/mol. The van der Waals surface area contributed by atoms with Gasteiger partial charge in [-0.15, -0.1) is 5.10 Å². The van der Waals surface area contributed by atoms with Crippen LogP contribution in [0.2, 0.25) is 0 Å². The van der Waals surface area contributed by atoms with Gasteiger partial charge in [-0.2, -0.15) is 5.10 Å². The molecule has 6 nitrogen and oxygen atoms in total. The second kappa shape index (κ2) is 7.31. The van der Waals surface area contributed by atoms with Crippen LogP contribution in [0.15, 0.2) is 42.6 Å². The quantitative estimate of drug-likeness (QED) is 0.760. The standard InChI is InChI=1S/C21H23N3O3/c1-26-19-11-16-13-22-23-21(18(16)12-20(19)27-2)24-8-6-14(7-9-24)15-4-3-5-17(25)10-15/h3-5,10-14,25H,6-9H2,1-2H3. The van der Waals surface area contributed by atoms with Crippen molar-refractivity contribution < 1.29 is 14.6 Å². The topological polar surface area (TPSA) is 67.7 Å². The van der Waals surface area contributed by atoms with Gasteiger partial charge in [0, 0.05) is 23.9 Å². The zero-order chi connectivity index (χ0) is 18.8. The van der Waals surface area contributed by atoms with Gasteiger partial charge in [0.25, 0.3) is 0 Å². The third-order valence-corrected chi connectivity index (χ3v) is 5.28. The van der Waals surface area contributed by atoms with Crippen LogP contribution in [-0.4, -0.2) is 42.6 Å². The number of ether oxygens (including phenoxy) is 2. The number of hydrogen-bond acceptors (Lipinski definition) is 6. The molecule has 27 heavy (non-hydrogen) atoms. The van der Waals surface area contributed by atoms with Crippen molar-refractivity contribution in [2.45, 2.75) is 18.8 Å². The molecule has 0 aliphatic carbocycles. The van der Waals surface area contributed by atoms with Crippen molar-refractivity contribution in [3.63, 3.8) is 0 Å². The van der Waals surface area contributed by atoms with E-state index in [0.717, 1.165) is 42.5 Å². The molecule has 2 aromatic carbocycles. The number of fused-ring (bicyclic) bond motifs is 1. The van der Waals surface area contributed by atoms with Crippen molar-refractivity contribution in [3.8, 4) is 17.2 Å². The van der Waals surface area contributed by atoms with Crippen LogP contribution in [0, 0.1) is 0 Å². The van der Waals surface area contributed by atoms with Crippen molar-refractivity contribution in [1.82, 2.24) is 10.2 Å². The zero-order valence-electron chi connectivity index (χ0n) is 15.6. The number of rotatable bonds is 4. The Labute approximate surface area is 158 Å². The molecular formula is C21H23N3O3. The van der Waals surface area contributed by atoms with Crippen LogP contribution < -0.4 is 14.4 Å². The second-order valence-electron chi connectivity index (χ2n) is 6.82. The van der Waals surface area contributed by atoms with Gasteiger partial charge in [0.1, 0.15) is 5.75 Å². The van der Waals surface area contributed by atoms with Gasteiger partial charge < -0.3 is 19.5 Å². The highest BCUT2D eigenvalue weighted by molar-refractivity contribution is 5.94. The fraction of sp³-hybridized carbons (Fsp3) is 0.333. The number of aromatic hydroxyl groups is 1. The summed E-state index contributed by atoms with van der Waals surface area (Å²) in [6.45, 7) is 1.78. The molecule has 1 N–H and O–H groups in total. The van der Waals surface area contributed by atoms with Crippen molar-refractivity contribution >= 4 is 16.6 Å². The maximum Gasteiger partial charge on any atom is 0.161 e. The second-order valence-corrected chi connectivity index (χ2v) is 6.82.